The van der Waals surface area contributed by atoms with E-state index in [2.05, 4.69) is 19.2 Å². The average Bonchev–Trinajstić information content (AvgIpc) is 2.45. The fraction of sp³-hybridized carbons (Fsp3) is 0.316. The zero-order chi connectivity index (χ0) is 17.9. The lowest BCUT2D eigenvalue weighted by Gasteiger charge is -2.19. The van der Waals surface area contributed by atoms with Gasteiger partial charge in [-0.2, -0.15) is 0 Å². The highest BCUT2D eigenvalue weighted by Crippen LogP contribution is 2.29. The van der Waals surface area contributed by atoms with Gasteiger partial charge in [-0.1, -0.05) is 49.2 Å². The largest absolute Gasteiger partial charge is 0.481 e. The molecule has 5 heteroatoms. The van der Waals surface area contributed by atoms with Crippen LogP contribution in [0.15, 0.2) is 36.4 Å². The van der Waals surface area contributed by atoms with Crippen molar-refractivity contribution in [2.45, 2.75) is 39.7 Å². The van der Waals surface area contributed by atoms with Crippen molar-refractivity contribution in [3.63, 3.8) is 0 Å². The van der Waals surface area contributed by atoms with Gasteiger partial charge in [0, 0.05) is 15.7 Å². The lowest BCUT2D eigenvalue weighted by molar-refractivity contribution is -0.122. The van der Waals surface area contributed by atoms with Crippen LogP contribution in [0.4, 0.5) is 5.69 Å². The van der Waals surface area contributed by atoms with Crippen molar-refractivity contribution in [2.75, 3.05) is 5.32 Å². The SMILES string of the molecule is Cc1ccc(C(C)C)c(OC(C)C(=O)Nc2cc(Cl)cc(Cl)c2)c1. The summed E-state index contributed by atoms with van der Waals surface area (Å²) in [7, 11) is 0. The normalized spacial score (nSPS) is 12.1. The van der Waals surface area contributed by atoms with Gasteiger partial charge in [-0.05, 0) is 55.2 Å². The van der Waals surface area contributed by atoms with E-state index in [1.54, 1.807) is 25.1 Å². The molecule has 0 aliphatic carbocycles. The number of hydrogen-bond donors (Lipinski definition) is 1. The molecule has 0 fully saturated rings. The molecular formula is C19H21Cl2NO2. The summed E-state index contributed by atoms with van der Waals surface area (Å²) in [4.78, 5) is 12.4. The van der Waals surface area contributed by atoms with Crippen molar-refractivity contribution in [1.29, 1.82) is 0 Å². The minimum atomic E-state index is -0.651. The smallest absolute Gasteiger partial charge is 0.265 e. The fourth-order valence-corrected chi connectivity index (χ4v) is 2.86. The number of ether oxygens (including phenoxy) is 1. The first kappa shape index (κ1) is 18.6. The molecule has 3 nitrogen and oxygen atoms in total. The third kappa shape index (κ3) is 4.89. The van der Waals surface area contributed by atoms with Crippen molar-refractivity contribution in [3.8, 4) is 5.75 Å². The second-order valence-electron chi connectivity index (χ2n) is 6.10. The van der Waals surface area contributed by atoms with Gasteiger partial charge in [-0.3, -0.25) is 4.79 Å². The van der Waals surface area contributed by atoms with Crippen LogP contribution >= 0.6 is 23.2 Å². The molecule has 1 N–H and O–H groups in total. The van der Waals surface area contributed by atoms with Gasteiger partial charge in [0.2, 0.25) is 0 Å². The molecule has 0 aromatic heterocycles. The Morgan fingerprint density at radius 2 is 1.67 bits per heavy atom. The van der Waals surface area contributed by atoms with E-state index in [1.807, 2.05) is 25.1 Å². The van der Waals surface area contributed by atoms with Crippen molar-refractivity contribution >= 4 is 34.8 Å². The second-order valence-corrected chi connectivity index (χ2v) is 6.98. The Hall–Kier alpha value is -1.71. The quantitative estimate of drug-likeness (QED) is 0.723. The summed E-state index contributed by atoms with van der Waals surface area (Å²) >= 11 is 11.9. The molecule has 1 atom stereocenters. The Balaban J connectivity index is 2.13. The van der Waals surface area contributed by atoms with Gasteiger partial charge in [0.05, 0.1) is 0 Å². The molecule has 2 aromatic carbocycles. The van der Waals surface area contributed by atoms with E-state index in [9.17, 15) is 4.79 Å². The fourth-order valence-electron chi connectivity index (χ4n) is 2.33. The van der Waals surface area contributed by atoms with Crippen LogP contribution in [0.25, 0.3) is 0 Å². The number of amides is 1. The van der Waals surface area contributed by atoms with E-state index in [0.717, 1.165) is 16.9 Å². The maximum atomic E-state index is 12.4. The summed E-state index contributed by atoms with van der Waals surface area (Å²) in [6, 6.07) is 10.9. The number of rotatable bonds is 5. The molecule has 1 unspecified atom stereocenters. The van der Waals surface area contributed by atoms with Crippen LogP contribution < -0.4 is 10.1 Å². The third-order valence-corrected chi connectivity index (χ3v) is 4.03. The molecule has 2 rings (SSSR count). The molecular weight excluding hydrogens is 345 g/mol. The first-order chi connectivity index (χ1) is 11.3. The molecule has 0 heterocycles. The number of halogens is 2. The molecule has 0 radical (unpaired) electrons. The molecule has 0 spiro atoms. The standard InChI is InChI=1S/C19H21Cl2NO2/c1-11(2)17-6-5-12(3)7-18(17)24-13(4)19(23)22-16-9-14(20)8-15(21)10-16/h5-11,13H,1-4H3,(H,22,23). The van der Waals surface area contributed by atoms with E-state index in [0.29, 0.717) is 21.7 Å². The lowest BCUT2D eigenvalue weighted by Crippen LogP contribution is -2.30. The van der Waals surface area contributed by atoms with Crippen LogP contribution in [0.5, 0.6) is 5.75 Å². The number of carbonyl (C=O) groups excluding carboxylic acids is 1. The van der Waals surface area contributed by atoms with E-state index in [4.69, 9.17) is 27.9 Å². The van der Waals surface area contributed by atoms with Gasteiger partial charge < -0.3 is 10.1 Å². The zero-order valence-electron chi connectivity index (χ0n) is 14.2. The van der Waals surface area contributed by atoms with Crippen LogP contribution in [-0.4, -0.2) is 12.0 Å². The number of anilines is 1. The highest BCUT2D eigenvalue weighted by atomic mass is 35.5. The minimum absolute atomic E-state index is 0.260. The maximum absolute atomic E-state index is 12.4. The van der Waals surface area contributed by atoms with Crippen LogP contribution in [0, 0.1) is 6.92 Å². The van der Waals surface area contributed by atoms with Crippen molar-refractivity contribution in [2.24, 2.45) is 0 Å². The van der Waals surface area contributed by atoms with Crippen molar-refractivity contribution < 1.29 is 9.53 Å². The van der Waals surface area contributed by atoms with Crippen LogP contribution in [0.1, 0.15) is 37.8 Å². The predicted octanol–water partition coefficient (Wildman–Crippen LogP) is 5.83. The molecule has 0 bridgehead atoms. The molecule has 0 aliphatic heterocycles. The van der Waals surface area contributed by atoms with Crippen LogP contribution in [-0.2, 0) is 4.79 Å². The van der Waals surface area contributed by atoms with E-state index in [-0.39, 0.29) is 5.91 Å². The Morgan fingerprint density at radius 1 is 1.04 bits per heavy atom. The van der Waals surface area contributed by atoms with E-state index < -0.39 is 6.10 Å². The van der Waals surface area contributed by atoms with E-state index in [1.165, 1.54) is 0 Å². The Bertz CT molecular complexity index is 724. The number of aryl methyl sites for hydroxylation is 1. The highest BCUT2D eigenvalue weighted by Gasteiger charge is 2.18. The first-order valence-corrected chi connectivity index (χ1v) is 8.56. The summed E-state index contributed by atoms with van der Waals surface area (Å²) in [5.74, 6) is 0.781. The number of hydrogen-bond acceptors (Lipinski definition) is 2. The molecule has 0 saturated carbocycles. The minimum Gasteiger partial charge on any atom is -0.481 e. The summed E-state index contributed by atoms with van der Waals surface area (Å²) < 4.78 is 5.90. The Kier molecular flexibility index (Phi) is 6.14. The highest BCUT2D eigenvalue weighted by molar-refractivity contribution is 6.35. The Labute approximate surface area is 152 Å². The van der Waals surface area contributed by atoms with Gasteiger partial charge in [-0.15, -0.1) is 0 Å². The lowest BCUT2D eigenvalue weighted by atomic mass is 10.0. The van der Waals surface area contributed by atoms with Gasteiger partial charge in [0.25, 0.3) is 5.91 Å². The van der Waals surface area contributed by atoms with Crippen molar-refractivity contribution in [1.82, 2.24) is 0 Å². The summed E-state index contributed by atoms with van der Waals surface area (Å²) in [6.45, 7) is 7.90. The summed E-state index contributed by atoms with van der Waals surface area (Å²) in [5.41, 5.74) is 2.70. The first-order valence-electron chi connectivity index (χ1n) is 7.80. The molecule has 0 saturated heterocycles. The summed E-state index contributed by atoms with van der Waals surface area (Å²) in [5, 5.41) is 3.70. The molecule has 24 heavy (non-hydrogen) atoms. The second kappa shape index (κ2) is 7.91. The Morgan fingerprint density at radius 3 is 2.25 bits per heavy atom. The van der Waals surface area contributed by atoms with Crippen LogP contribution in [0.3, 0.4) is 0 Å². The summed E-state index contributed by atoms with van der Waals surface area (Å²) in [6.07, 6.45) is -0.651. The number of nitrogens with one attached hydrogen (secondary N) is 1. The van der Waals surface area contributed by atoms with Gasteiger partial charge in [0.1, 0.15) is 5.75 Å². The number of benzene rings is 2. The van der Waals surface area contributed by atoms with E-state index >= 15 is 0 Å². The zero-order valence-corrected chi connectivity index (χ0v) is 15.7. The number of carbonyl (C=O) groups is 1. The van der Waals surface area contributed by atoms with Gasteiger partial charge >= 0.3 is 0 Å². The van der Waals surface area contributed by atoms with Crippen LogP contribution in [0.2, 0.25) is 10.0 Å². The molecule has 1 amide bonds. The molecule has 128 valence electrons. The average molecular weight is 366 g/mol. The maximum Gasteiger partial charge on any atom is 0.265 e. The third-order valence-electron chi connectivity index (χ3n) is 3.59. The van der Waals surface area contributed by atoms with Gasteiger partial charge in [0.15, 0.2) is 6.10 Å². The monoisotopic (exact) mass is 365 g/mol. The van der Waals surface area contributed by atoms with Crippen molar-refractivity contribution in [3.05, 3.63) is 57.6 Å². The molecule has 2 aromatic rings. The van der Waals surface area contributed by atoms with Gasteiger partial charge in [-0.25, -0.2) is 0 Å². The molecule has 0 aliphatic rings. The topological polar surface area (TPSA) is 38.3 Å². The predicted molar refractivity (Wildman–Crippen MR) is 100 cm³/mol.